The van der Waals surface area contributed by atoms with E-state index in [9.17, 15) is 9.90 Å². The highest BCUT2D eigenvalue weighted by atomic mass is 16.3. The average molecular weight is 330 g/mol. The second-order valence-electron chi connectivity index (χ2n) is 7.43. The van der Waals surface area contributed by atoms with Gasteiger partial charge in [-0.15, -0.1) is 0 Å². The Hall–Kier alpha value is -1.39. The molecule has 1 aromatic rings. The number of aliphatic hydroxyl groups is 1. The predicted octanol–water partition coefficient (Wildman–Crippen LogP) is 3.41. The van der Waals surface area contributed by atoms with Crippen LogP contribution in [0.25, 0.3) is 0 Å². The van der Waals surface area contributed by atoms with Gasteiger partial charge in [0.15, 0.2) is 0 Å². The molecular weight excluding hydrogens is 300 g/mol. The quantitative estimate of drug-likeness (QED) is 0.870. The van der Waals surface area contributed by atoms with Crippen LogP contribution in [0.4, 0.5) is 5.69 Å². The van der Waals surface area contributed by atoms with Crippen LogP contribution >= 0.6 is 0 Å². The molecule has 0 atom stereocenters. The molecule has 0 spiro atoms. The molecule has 1 aliphatic heterocycles. The van der Waals surface area contributed by atoms with Gasteiger partial charge in [0.1, 0.15) is 0 Å². The van der Waals surface area contributed by atoms with Crippen molar-refractivity contribution in [1.82, 2.24) is 4.90 Å². The van der Waals surface area contributed by atoms with Crippen molar-refractivity contribution < 1.29 is 9.90 Å². The van der Waals surface area contributed by atoms with Gasteiger partial charge in [0, 0.05) is 24.8 Å². The van der Waals surface area contributed by atoms with Crippen LogP contribution in [0, 0.1) is 11.8 Å². The Morgan fingerprint density at radius 1 is 1.12 bits per heavy atom. The van der Waals surface area contributed by atoms with Gasteiger partial charge in [-0.25, -0.2) is 0 Å². The maximum Gasteiger partial charge on any atom is 0.227 e. The molecule has 2 N–H and O–H groups in total. The van der Waals surface area contributed by atoms with Gasteiger partial charge in [0.25, 0.3) is 0 Å². The Morgan fingerprint density at radius 3 is 2.58 bits per heavy atom. The smallest absolute Gasteiger partial charge is 0.227 e. The van der Waals surface area contributed by atoms with E-state index in [-0.39, 0.29) is 11.8 Å². The van der Waals surface area contributed by atoms with E-state index in [1.807, 2.05) is 12.1 Å². The molecule has 0 radical (unpaired) electrons. The van der Waals surface area contributed by atoms with E-state index in [1.54, 1.807) is 0 Å². The summed E-state index contributed by atoms with van der Waals surface area (Å²) in [7, 11) is 0. The third-order valence-corrected chi connectivity index (χ3v) is 5.54. The number of rotatable bonds is 5. The van der Waals surface area contributed by atoms with Gasteiger partial charge in [0.2, 0.25) is 5.91 Å². The predicted molar refractivity (Wildman–Crippen MR) is 96.7 cm³/mol. The number of aliphatic hydroxyl groups excluding tert-OH is 1. The SMILES string of the molecule is O=C(Nc1cccc(CN2CCC(CO)CC2)c1)C1CCCCC1. The topological polar surface area (TPSA) is 52.6 Å². The molecule has 4 nitrogen and oxygen atoms in total. The summed E-state index contributed by atoms with van der Waals surface area (Å²) >= 11 is 0. The number of likely N-dealkylation sites (tertiary alicyclic amines) is 1. The monoisotopic (exact) mass is 330 g/mol. The summed E-state index contributed by atoms with van der Waals surface area (Å²) in [6, 6.07) is 8.27. The Bertz CT molecular complexity index is 532. The van der Waals surface area contributed by atoms with E-state index in [0.717, 1.165) is 51.0 Å². The summed E-state index contributed by atoms with van der Waals surface area (Å²) in [6.07, 6.45) is 7.86. The van der Waals surface area contributed by atoms with E-state index >= 15 is 0 Å². The summed E-state index contributed by atoms with van der Waals surface area (Å²) < 4.78 is 0. The number of anilines is 1. The van der Waals surface area contributed by atoms with Gasteiger partial charge in [-0.2, -0.15) is 0 Å². The summed E-state index contributed by atoms with van der Waals surface area (Å²) in [5.74, 6) is 0.859. The molecule has 0 aromatic heterocycles. The van der Waals surface area contributed by atoms with E-state index < -0.39 is 0 Å². The zero-order chi connectivity index (χ0) is 16.8. The molecule has 1 amide bonds. The maximum absolute atomic E-state index is 12.4. The fraction of sp³-hybridized carbons (Fsp3) is 0.650. The molecule has 2 fully saturated rings. The third kappa shape index (κ3) is 4.81. The van der Waals surface area contributed by atoms with Gasteiger partial charge >= 0.3 is 0 Å². The van der Waals surface area contributed by atoms with Crippen LogP contribution < -0.4 is 5.32 Å². The summed E-state index contributed by atoms with van der Waals surface area (Å²) in [5, 5.41) is 12.4. The summed E-state index contributed by atoms with van der Waals surface area (Å²) in [6.45, 7) is 3.33. The molecule has 3 rings (SSSR count). The number of amides is 1. The van der Waals surface area contributed by atoms with Crippen molar-refractivity contribution in [3.63, 3.8) is 0 Å². The molecule has 1 aliphatic carbocycles. The van der Waals surface area contributed by atoms with Gasteiger partial charge in [0.05, 0.1) is 0 Å². The molecular formula is C20H30N2O2. The maximum atomic E-state index is 12.4. The lowest BCUT2D eigenvalue weighted by molar-refractivity contribution is -0.120. The highest BCUT2D eigenvalue weighted by Gasteiger charge is 2.21. The third-order valence-electron chi connectivity index (χ3n) is 5.54. The highest BCUT2D eigenvalue weighted by molar-refractivity contribution is 5.92. The first-order valence-corrected chi connectivity index (χ1v) is 9.47. The van der Waals surface area contributed by atoms with Gasteiger partial charge in [-0.3, -0.25) is 9.69 Å². The standard InChI is InChI=1S/C20H30N2O2/c23-15-16-9-11-22(12-10-16)14-17-5-4-8-19(13-17)21-20(24)18-6-2-1-3-7-18/h4-5,8,13,16,18,23H,1-3,6-7,9-12,14-15H2,(H,21,24). The number of hydrogen-bond acceptors (Lipinski definition) is 3. The minimum Gasteiger partial charge on any atom is -0.396 e. The number of benzene rings is 1. The van der Waals surface area contributed by atoms with E-state index in [4.69, 9.17) is 0 Å². The normalized spacial score (nSPS) is 20.9. The molecule has 0 unspecified atom stereocenters. The van der Waals surface area contributed by atoms with Gasteiger partial charge in [-0.05, 0) is 62.4 Å². The van der Waals surface area contributed by atoms with Crippen LogP contribution in [0.1, 0.15) is 50.5 Å². The molecule has 4 heteroatoms. The van der Waals surface area contributed by atoms with Crippen LogP contribution in [-0.4, -0.2) is 35.6 Å². The molecule has 1 saturated heterocycles. The number of carbonyl (C=O) groups is 1. The Kier molecular flexibility index (Phi) is 6.27. The minimum atomic E-state index is 0.190. The molecule has 132 valence electrons. The average Bonchev–Trinajstić information content (AvgIpc) is 2.63. The lowest BCUT2D eigenvalue weighted by Gasteiger charge is -2.31. The minimum absolute atomic E-state index is 0.190. The number of piperidine rings is 1. The second kappa shape index (κ2) is 8.63. The van der Waals surface area contributed by atoms with Crippen molar-refractivity contribution in [1.29, 1.82) is 0 Å². The van der Waals surface area contributed by atoms with Crippen molar-refractivity contribution in [3.05, 3.63) is 29.8 Å². The van der Waals surface area contributed by atoms with Crippen molar-refractivity contribution in [2.24, 2.45) is 11.8 Å². The Morgan fingerprint density at radius 2 is 1.88 bits per heavy atom. The second-order valence-corrected chi connectivity index (χ2v) is 7.43. The number of nitrogens with one attached hydrogen (secondary N) is 1. The van der Waals surface area contributed by atoms with Crippen molar-refractivity contribution in [3.8, 4) is 0 Å². The van der Waals surface area contributed by atoms with Crippen molar-refractivity contribution in [2.75, 3.05) is 25.0 Å². The lowest BCUT2D eigenvalue weighted by Crippen LogP contribution is -2.34. The summed E-state index contributed by atoms with van der Waals surface area (Å²) in [4.78, 5) is 14.8. The highest BCUT2D eigenvalue weighted by Crippen LogP contribution is 2.25. The molecule has 0 bridgehead atoms. The van der Waals surface area contributed by atoms with Crippen LogP contribution in [0.3, 0.4) is 0 Å². The first-order chi connectivity index (χ1) is 11.7. The molecule has 2 aliphatic rings. The Labute approximate surface area is 145 Å². The van der Waals surface area contributed by atoms with Gasteiger partial charge < -0.3 is 10.4 Å². The van der Waals surface area contributed by atoms with Crippen LogP contribution in [0.15, 0.2) is 24.3 Å². The first kappa shape index (κ1) is 17.4. The number of carbonyl (C=O) groups excluding carboxylic acids is 1. The van der Waals surface area contributed by atoms with Crippen molar-refractivity contribution >= 4 is 11.6 Å². The molecule has 24 heavy (non-hydrogen) atoms. The van der Waals surface area contributed by atoms with Crippen LogP contribution in [0.2, 0.25) is 0 Å². The first-order valence-electron chi connectivity index (χ1n) is 9.47. The molecule has 1 heterocycles. The zero-order valence-corrected chi connectivity index (χ0v) is 14.5. The zero-order valence-electron chi connectivity index (χ0n) is 14.5. The fourth-order valence-electron chi connectivity index (χ4n) is 3.94. The van der Waals surface area contributed by atoms with E-state index in [2.05, 4.69) is 22.3 Å². The Balaban J connectivity index is 1.53. The van der Waals surface area contributed by atoms with E-state index in [0.29, 0.717) is 12.5 Å². The lowest BCUT2D eigenvalue weighted by atomic mass is 9.88. The largest absolute Gasteiger partial charge is 0.396 e. The van der Waals surface area contributed by atoms with Gasteiger partial charge in [-0.1, -0.05) is 31.4 Å². The number of nitrogens with zero attached hydrogens (tertiary/aromatic N) is 1. The fourth-order valence-corrected chi connectivity index (χ4v) is 3.94. The molecule has 1 saturated carbocycles. The number of hydrogen-bond donors (Lipinski definition) is 2. The van der Waals surface area contributed by atoms with Crippen LogP contribution in [0.5, 0.6) is 0 Å². The summed E-state index contributed by atoms with van der Waals surface area (Å²) in [5.41, 5.74) is 2.17. The van der Waals surface area contributed by atoms with Crippen molar-refractivity contribution in [2.45, 2.75) is 51.5 Å². The molecule has 1 aromatic carbocycles. The van der Waals surface area contributed by atoms with Crippen LogP contribution in [-0.2, 0) is 11.3 Å². The van der Waals surface area contributed by atoms with E-state index in [1.165, 1.54) is 24.8 Å².